The van der Waals surface area contributed by atoms with Gasteiger partial charge in [-0.3, -0.25) is 0 Å². The number of carbonyl (C=O) groups excluding carboxylic acids is 1. The van der Waals surface area contributed by atoms with Crippen LogP contribution in [0.15, 0.2) is 0 Å². The van der Waals surface area contributed by atoms with Gasteiger partial charge >= 0.3 is 12.0 Å². The second-order valence-corrected chi connectivity index (χ2v) is 7.96. The van der Waals surface area contributed by atoms with Crippen LogP contribution in [0.25, 0.3) is 0 Å². The zero-order chi connectivity index (χ0) is 15.6. The summed E-state index contributed by atoms with van der Waals surface area (Å²) in [6, 6.07) is -1.65. The summed E-state index contributed by atoms with van der Waals surface area (Å²) in [6.07, 6.45) is 1.09. The maximum absolute atomic E-state index is 12.0. The van der Waals surface area contributed by atoms with Crippen LogP contribution in [-0.2, 0) is 19.4 Å². The monoisotopic (exact) mass is 308 g/mol. The van der Waals surface area contributed by atoms with Crippen molar-refractivity contribution in [3.8, 4) is 0 Å². The molecule has 2 N–H and O–H groups in total. The summed E-state index contributed by atoms with van der Waals surface area (Å²) in [5, 5.41) is 11.5. The summed E-state index contributed by atoms with van der Waals surface area (Å²) >= 11 is 0. The standard InChI is InChI=1S/C11H20N2O6S/c1-11(2,20(3,17)18)7-12-10(16)13-4-5-19-6-8(13)9(14)15/h8H,4-7H2,1-3H3,(H,12,16)(H,14,15). The first-order chi connectivity index (χ1) is 9.06. The number of morpholine rings is 1. The number of nitrogens with one attached hydrogen (secondary N) is 1. The van der Waals surface area contributed by atoms with Crippen LogP contribution in [0.4, 0.5) is 4.79 Å². The van der Waals surface area contributed by atoms with Crippen LogP contribution >= 0.6 is 0 Å². The van der Waals surface area contributed by atoms with Crippen molar-refractivity contribution in [3.63, 3.8) is 0 Å². The molecule has 0 aliphatic carbocycles. The van der Waals surface area contributed by atoms with E-state index >= 15 is 0 Å². The molecule has 1 fully saturated rings. The number of urea groups is 1. The molecule has 0 bridgehead atoms. The van der Waals surface area contributed by atoms with Gasteiger partial charge in [-0.2, -0.15) is 0 Å². The fraction of sp³-hybridized carbons (Fsp3) is 0.818. The smallest absolute Gasteiger partial charge is 0.328 e. The average Bonchev–Trinajstić information content (AvgIpc) is 2.34. The summed E-state index contributed by atoms with van der Waals surface area (Å²) < 4.78 is 27.0. The molecule has 116 valence electrons. The number of carbonyl (C=O) groups is 2. The number of amides is 2. The molecule has 0 radical (unpaired) electrons. The molecule has 1 aliphatic rings. The lowest BCUT2D eigenvalue weighted by Gasteiger charge is -2.33. The van der Waals surface area contributed by atoms with Crippen molar-refractivity contribution in [1.82, 2.24) is 10.2 Å². The lowest BCUT2D eigenvalue weighted by molar-refractivity contribution is -0.147. The van der Waals surface area contributed by atoms with Gasteiger partial charge in [0.25, 0.3) is 0 Å². The summed E-state index contributed by atoms with van der Waals surface area (Å²) in [6.45, 7) is 3.24. The first-order valence-corrected chi connectivity index (χ1v) is 8.00. The molecule has 1 unspecified atom stereocenters. The van der Waals surface area contributed by atoms with E-state index < -0.39 is 32.6 Å². The number of carboxylic acids is 1. The predicted molar refractivity (Wildman–Crippen MR) is 71.3 cm³/mol. The van der Waals surface area contributed by atoms with Crippen molar-refractivity contribution in [1.29, 1.82) is 0 Å². The molecule has 8 nitrogen and oxygen atoms in total. The van der Waals surface area contributed by atoms with Gasteiger partial charge in [0.05, 0.1) is 18.0 Å². The Hall–Kier alpha value is -1.35. The van der Waals surface area contributed by atoms with E-state index in [4.69, 9.17) is 9.84 Å². The van der Waals surface area contributed by atoms with E-state index in [1.54, 1.807) is 0 Å². The van der Waals surface area contributed by atoms with E-state index in [0.29, 0.717) is 0 Å². The second-order valence-electron chi connectivity index (χ2n) is 5.31. The number of hydrogen-bond donors (Lipinski definition) is 2. The van der Waals surface area contributed by atoms with Crippen molar-refractivity contribution in [2.75, 3.05) is 32.6 Å². The molecule has 0 aromatic carbocycles. The SMILES string of the molecule is CC(C)(CNC(=O)N1CCOCC1C(=O)O)S(C)(=O)=O. The van der Waals surface area contributed by atoms with Crippen LogP contribution in [0, 0.1) is 0 Å². The number of rotatable bonds is 4. The van der Waals surface area contributed by atoms with Gasteiger partial charge in [0, 0.05) is 19.3 Å². The topological polar surface area (TPSA) is 113 Å². The maximum Gasteiger partial charge on any atom is 0.328 e. The van der Waals surface area contributed by atoms with Crippen LogP contribution in [0.2, 0.25) is 0 Å². The van der Waals surface area contributed by atoms with Gasteiger partial charge < -0.3 is 20.1 Å². The lowest BCUT2D eigenvalue weighted by Crippen LogP contribution is -2.57. The van der Waals surface area contributed by atoms with Gasteiger partial charge in [0.2, 0.25) is 0 Å². The number of hydrogen-bond acceptors (Lipinski definition) is 5. The van der Waals surface area contributed by atoms with Crippen LogP contribution in [0.3, 0.4) is 0 Å². The van der Waals surface area contributed by atoms with Crippen molar-refractivity contribution in [2.24, 2.45) is 0 Å². The first-order valence-electron chi connectivity index (χ1n) is 6.11. The minimum Gasteiger partial charge on any atom is -0.480 e. The fourth-order valence-corrected chi connectivity index (χ4v) is 1.91. The van der Waals surface area contributed by atoms with Crippen molar-refractivity contribution in [3.05, 3.63) is 0 Å². The molecule has 1 aliphatic heterocycles. The summed E-state index contributed by atoms with van der Waals surface area (Å²) in [7, 11) is -3.33. The Kier molecular flexibility index (Phi) is 4.98. The first kappa shape index (κ1) is 16.7. The summed E-state index contributed by atoms with van der Waals surface area (Å²) in [4.78, 5) is 24.2. The Labute approximate surface area is 118 Å². The van der Waals surface area contributed by atoms with E-state index in [-0.39, 0.29) is 26.3 Å². The minimum absolute atomic E-state index is 0.0712. The van der Waals surface area contributed by atoms with Gasteiger partial charge in [0.1, 0.15) is 0 Å². The molecule has 1 rings (SSSR count). The highest BCUT2D eigenvalue weighted by Crippen LogP contribution is 2.14. The fourth-order valence-electron chi connectivity index (χ4n) is 1.57. The van der Waals surface area contributed by atoms with E-state index in [2.05, 4.69) is 5.32 Å². The zero-order valence-corrected chi connectivity index (χ0v) is 12.6. The molecule has 1 atom stereocenters. The third-order valence-corrected chi connectivity index (χ3v) is 5.50. The minimum atomic E-state index is -3.33. The molecule has 0 aromatic heterocycles. The number of sulfone groups is 1. The Morgan fingerprint density at radius 2 is 2.05 bits per heavy atom. The lowest BCUT2D eigenvalue weighted by atomic mass is 10.2. The molecule has 2 amide bonds. The van der Waals surface area contributed by atoms with Crippen LogP contribution in [0.1, 0.15) is 13.8 Å². The van der Waals surface area contributed by atoms with E-state index in [1.807, 2.05) is 0 Å². The normalized spacial score (nSPS) is 20.6. The highest BCUT2D eigenvalue weighted by atomic mass is 32.2. The van der Waals surface area contributed by atoms with Gasteiger partial charge in [-0.05, 0) is 13.8 Å². The quantitative estimate of drug-likeness (QED) is 0.710. The number of ether oxygens (including phenoxy) is 1. The number of aliphatic carboxylic acids is 1. The average molecular weight is 308 g/mol. The molecular formula is C11H20N2O6S. The highest BCUT2D eigenvalue weighted by molar-refractivity contribution is 7.92. The molecule has 20 heavy (non-hydrogen) atoms. The van der Waals surface area contributed by atoms with Gasteiger partial charge in [0.15, 0.2) is 15.9 Å². The maximum atomic E-state index is 12.0. The van der Waals surface area contributed by atoms with Gasteiger partial charge in [-0.25, -0.2) is 18.0 Å². The third-order valence-electron chi connectivity index (χ3n) is 3.34. The molecule has 1 heterocycles. The predicted octanol–water partition coefficient (Wildman–Crippen LogP) is -0.695. The Balaban J connectivity index is 2.69. The van der Waals surface area contributed by atoms with E-state index in [1.165, 1.54) is 13.8 Å². The van der Waals surface area contributed by atoms with Crippen LogP contribution in [0.5, 0.6) is 0 Å². The molecule has 1 saturated heterocycles. The molecule has 9 heteroatoms. The van der Waals surface area contributed by atoms with Crippen molar-refractivity contribution < 1.29 is 27.9 Å². The molecule has 0 saturated carbocycles. The largest absolute Gasteiger partial charge is 0.480 e. The third kappa shape index (κ3) is 3.83. The van der Waals surface area contributed by atoms with E-state index in [9.17, 15) is 18.0 Å². The Morgan fingerprint density at radius 3 is 2.55 bits per heavy atom. The Bertz CT molecular complexity index is 487. The highest BCUT2D eigenvalue weighted by Gasteiger charge is 2.35. The van der Waals surface area contributed by atoms with Crippen LogP contribution < -0.4 is 5.32 Å². The van der Waals surface area contributed by atoms with Gasteiger partial charge in [-0.15, -0.1) is 0 Å². The molecule has 0 aromatic rings. The summed E-state index contributed by atoms with van der Waals surface area (Å²) in [5.41, 5.74) is 0. The molecule has 0 spiro atoms. The zero-order valence-electron chi connectivity index (χ0n) is 11.7. The molecular weight excluding hydrogens is 288 g/mol. The van der Waals surface area contributed by atoms with Crippen LogP contribution in [-0.4, -0.2) is 73.8 Å². The second kappa shape index (κ2) is 5.96. The number of nitrogens with zero attached hydrogens (tertiary/aromatic N) is 1. The summed E-state index contributed by atoms with van der Waals surface area (Å²) in [5.74, 6) is -1.15. The Morgan fingerprint density at radius 1 is 1.45 bits per heavy atom. The van der Waals surface area contributed by atoms with E-state index in [0.717, 1.165) is 11.2 Å². The van der Waals surface area contributed by atoms with Crippen molar-refractivity contribution >= 4 is 21.8 Å². The van der Waals surface area contributed by atoms with Gasteiger partial charge in [-0.1, -0.05) is 0 Å². The number of carboxylic acid groups (broad SMARTS) is 1. The van der Waals surface area contributed by atoms with Crippen molar-refractivity contribution in [2.45, 2.75) is 24.6 Å².